The Morgan fingerprint density at radius 2 is 1.97 bits per heavy atom. The van der Waals surface area contributed by atoms with E-state index in [2.05, 4.69) is 20.9 Å². The minimum atomic E-state index is -2.79. The Balaban J connectivity index is 1.72. The van der Waals surface area contributed by atoms with Crippen LogP contribution in [0, 0.1) is 5.92 Å². The molecule has 1 aromatic rings. The SMILES string of the molecule is CC(C)(C)OC(=O)N[C@H](C(=O)Nc1cc(CN2C(=O)CNC2=O)ccn1)C1CCC(F)(F)CC1. The Kier molecular flexibility index (Phi) is 7.37. The lowest BCUT2D eigenvalue weighted by Gasteiger charge is -2.33. The quantitative estimate of drug-likeness (QED) is 0.536. The summed E-state index contributed by atoms with van der Waals surface area (Å²) in [7, 11) is 0. The van der Waals surface area contributed by atoms with Gasteiger partial charge in [-0.15, -0.1) is 0 Å². The van der Waals surface area contributed by atoms with Crippen LogP contribution in [0.5, 0.6) is 0 Å². The number of halogens is 2. The van der Waals surface area contributed by atoms with Crippen molar-refractivity contribution in [1.82, 2.24) is 20.5 Å². The molecule has 3 rings (SSSR count). The summed E-state index contributed by atoms with van der Waals surface area (Å²) < 4.78 is 32.6. The Morgan fingerprint density at radius 1 is 1.29 bits per heavy atom. The van der Waals surface area contributed by atoms with Crippen LogP contribution >= 0.6 is 0 Å². The van der Waals surface area contributed by atoms with Crippen LogP contribution in [-0.4, -0.2) is 57.9 Å². The Morgan fingerprint density at radius 3 is 2.56 bits per heavy atom. The van der Waals surface area contributed by atoms with Crippen LogP contribution in [0.1, 0.15) is 52.0 Å². The molecular formula is C22H29F2N5O5. The molecular weight excluding hydrogens is 452 g/mol. The Labute approximate surface area is 195 Å². The van der Waals surface area contributed by atoms with Crippen LogP contribution in [0.25, 0.3) is 0 Å². The molecule has 3 N–H and O–H groups in total. The average Bonchev–Trinajstić information content (AvgIpc) is 3.03. The first kappa shape index (κ1) is 25.3. The van der Waals surface area contributed by atoms with E-state index in [4.69, 9.17) is 4.74 Å². The molecule has 34 heavy (non-hydrogen) atoms. The highest BCUT2D eigenvalue weighted by molar-refractivity contribution is 6.02. The first-order chi connectivity index (χ1) is 15.8. The van der Waals surface area contributed by atoms with Crippen molar-refractivity contribution in [3.63, 3.8) is 0 Å². The molecule has 2 fully saturated rings. The smallest absolute Gasteiger partial charge is 0.408 e. The molecule has 1 aromatic heterocycles. The summed E-state index contributed by atoms with van der Waals surface area (Å²) in [6, 6.07) is 1.47. The lowest BCUT2D eigenvalue weighted by Crippen LogP contribution is -2.51. The molecule has 1 saturated carbocycles. The van der Waals surface area contributed by atoms with Gasteiger partial charge in [0.25, 0.3) is 0 Å². The number of urea groups is 1. The summed E-state index contributed by atoms with van der Waals surface area (Å²) in [6.07, 6.45) is -0.0684. The van der Waals surface area contributed by atoms with Gasteiger partial charge in [0.2, 0.25) is 17.7 Å². The fraction of sp³-hybridized carbons (Fsp3) is 0.591. The van der Waals surface area contributed by atoms with Crippen molar-refractivity contribution in [2.75, 3.05) is 11.9 Å². The number of nitrogens with zero attached hydrogens (tertiary/aromatic N) is 2. The number of amides is 5. The van der Waals surface area contributed by atoms with E-state index >= 15 is 0 Å². The fourth-order valence-corrected chi connectivity index (χ4v) is 3.87. The van der Waals surface area contributed by atoms with Crippen molar-refractivity contribution in [1.29, 1.82) is 0 Å². The predicted molar refractivity (Wildman–Crippen MR) is 117 cm³/mol. The lowest BCUT2D eigenvalue weighted by atomic mass is 9.81. The van der Waals surface area contributed by atoms with E-state index in [1.807, 2.05) is 0 Å². The van der Waals surface area contributed by atoms with Crippen LogP contribution in [0.3, 0.4) is 0 Å². The molecule has 0 bridgehead atoms. The number of carbonyl (C=O) groups is 4. The molecule has 2 aliphatic rings. The maximum absolute atomic E-state index is 13.7. The van der Waals surface area contributed by atoms with Gasteiger partial charge in [-0.05, 0) is 57.2 Å². The Bertz CT molecular complexity index is 939. The predicted octanol–water partition coefficient (Wildman–Crippen LogP) is 2.79. The number of pyridine rings is 1. The molecule has 0 radical (unpaired) electrons. The summed E-state index contributed by atoms with van der Waals surface area (Å²) >= 11 is 0. The van der Waals surface area contributed by atoms with Gasteiger partial charge in [-0.25, -0.2) is 23.4 Å². The largest absolute Gasteiger partial charge is 0.444 e. The molecule has 1 atom stereocenters. The molecule has 0 aromatic carbocycles. The zero-order chi connectivity index (χ0) is 25.1. The summed E-state index contributed by atoms with van der Waals surface area (Å²) in [5, 5.41) is 7.55. The minimum absolute atomic E-state index is 0.00660. The van der Waals surface area contributed by atoms with E-state index in [-0.39, 0.29) is 50.5 Å². The normalized spacial score (nSPS) is 19.4. The van der Waals surface area contributed by atoms with Crippen LogP contribution in [0.4, 0.5) is 24.2 Å². The molecule has 2 heterocycles. The molecule has 1 saturated heterocycles. The molecule has 1 aliphatic heterocycles. The minimum Gasteiger partial charge on any atom is -0.444 e. The summed E-state index contributed by atoms with van der Waals surface area (Å²) in [4.78, 5) is 54.2. The standard InChI is InChI=1S/C22H29F2N5O5/c1-21(2,3)34-20(33)28-17(14-4-7-22(23,24)8-5-14)18(31)27-15-10-13(6-9-25-15)12-29-16(30)11-26-19(29)32/h6,9-10,14,17H,4-5,7-8,11-12H2,1-3H3,(H,26,32)(H,28,33)(H,25,27,31)/t17-/m0/s1. The lowest BCUT2D eigenvalue weighted by molar-refractivity contribution is -0.125. The van der Waals surface area contributed by atoms with Gasteiger partial charge < -0.3 is 20.7 Å². The summed E-state index contributed by atoms with van der Waals surface area (Å²) in [5.41, 5.74) is -0.260. The zero-order valence-corrected chi connectivity index (χ0v) is 19.3. The first-order valence-electron chi connectivity index (χ1n) is 11.0. The van der Waals surface area contributed by atoms with Crippen molar-refractivity contribution in [2.45, 2.75) is 70.6 Å². The number of imide groups is 1. The molecule has 1 aliphatic carbocycles. The second-order valence-electron chi connectivity index (χ2n) is 9.49. The number of anilines is 1. The highest BCUT2D eigenvalue weighted by Gasteiger charge is 2.41. The van der Waals surface area contributed by atoms with E-state index in [0.717, 1.165) is 4.90 Å². The molecule has 186 valence electrons. The van der Waals surface area contributed by atoms with Gasteiger partial charge in [0.15, 0.2) is 0 Å². The maximum Gasteiger partial charge on any atom is 0.408 e. The van der Waals surface area contributed by atoms with Crippen LogP contribution in [0.2, 0.25) is 0 Å². The van der Waals surface area contributed by atoms with Crippen molar-refractivity contribution in [3.8, 4) is 0 Å². The second kappa shape index (κ2) is 9.90. The third kappa shape index (κ3) is 6.84. The maximum atomic E-state index is 13.7. The van der Waals surface area contributed by atoms with E-state index in [1.54, 1.807) is 26.8 Å². The number of carbonyl (C=O) groups excluding carboxylic acids is 4. The van der Waals surface area contributed by atoms with Gasteiger partial charge in [0.1, 0.15) is 17.5 Å². The average molecular weight is 482 g/mol. The number of ether oxygens (including phenoxy) is 1. The number of alkyl halides is 2. The topological polar surface area (TPSA) is 130 Å². The monoisotopic (exact) mass is 481 g/mol. The van der Waals surface area contributed by atoms with Crippen molar-refractivity contribution in [3.05, 3.63) is 23.9 Å². The summed E-state index contributed by atoms with van der Waals surface area (Å²) in [6.45, 7) is 4.93. The second-order valence-corrected chi connectivity index (χ2v) is 9.49. The molecule has 0 spiro atoms. The van der Waals surface area contributed by atoms with Gasteiger partial charge in [0, 0.05) is 19.0 Å². The van der Waals surface area contributed by atoms with E-state index < -0.39 is 41.5 Å². The third-order valence-corrected chi connectivity index (χ3v) is 5.54. The van der Waals surface area contributed by atoms with E-state index in [1.165, 1.54) is 12.3 Å². The number of hydrogen-bond donors (Lipinski definition) is 3. The molecule has 5 amide bonds. The van der Waals surface area contributed by atoms with Crippen LogP contribution < -0.4 is 16.0 Å². The fourth-order valence-electron chi connectivity index (χ4n) is 3.87. The van der Waals surface area contributed by atoms with E-state index in [0.29, 0.717) is 5.56 Å². The highest BCUT2D eigenvalue weighted by atomic mass is 19.3. The van der Waals surface area contributed by atoms with Crippen molar-refractivity contribution < 1.29 is 32.7 Å². The number of hydrogen-bond acceptors (Lipinski definition) is 6. The number of alkyl carbamates (subject to hydrolysis) is 1. The molecule has 12 heteroatoms. The number of rotatable bonds is 6. The van der Waals surface area contributed by atoms with Crippen molar-refractivity contribution >= 4 is 29.8 Å². The number of nitrogens with one attached hydrogen (secondary N) is 3. The molecule has 0 unspecified atom stereocenters. The summed E-state index contributed by atoms with van der Waals surface area (Å²) in [5.74, 6) is -4.17. The van der Waals surface area contributed by atoms with Gasteiger partial charge >= 0.3 is 12.1 Å². The number of aromatic nitrogens is 1. The van der Waals surface area contributed by atoms with Gasteiger partial charge in [-0.1, -0.05) is 0 Å². The zero-order valence-electron chi connectivity index (χ0n) is 19.3. The first-order valence-corrected chi connectivity index (χ1v) is 11.0. The van der Waals surface area contributed by atoms with E-state index in [9.17, 15) is 28.0 Å². The Hall–Kier alpha value is -3.31. The molecule has 10 nitrogen and oxygen atoms in total. The van der Waals surface area contributed by atoms with Gasteiger partial charge in [-0.2, -0.15) is 0 Å². The van der Waals surface area contributed by atoms with Crippen LogP contribution in [0.15, 0.2) is 18.3 Å². The third-order valence-electron chi connectivity index (χ3n) is 5.54. The highest BCUT2D eigenvalue weighted by Crippen LogP contribution is 2.37. The van der Waals surface area contributed by atoms with Crippen molar-refractivity contribution in [2.24, 2.45) is 5.92 Å². The van der Waals surface area contributed by atoms with Crippen LogP contribution in [-0.2, 0) is 20.9 Å². The van der Waals surface area contributed by atoms with Gasteiger partial charge in [-0.3, -0.25) is 14.5 Å². The van der Waals surface area contributed by atoms with Gasteiger partial charge in [0.05, 0.1) is 13.1 Å².